The van der Waals surface area contributed by atoms with Gasteiger partial charge in [-0.1, -0.05) is 0 Å². The Morgan fingerprint density at radius 1 is 1.35 bits per heavy atom. The predicted molar refractivity (Wildman–Crippen MR) is 63.4 cm³/mol. The molecule has 0 bridgehead atoms. The van der Waals surface area contributed by atoms with Crippen molar-refractivity contribution in [3.8, 4) is 6.07 Å². The first-order valence-electron chi connectivity index (χ1n) is 5.06. The predicted octanol–water partition coefficient (Wildman–Crippen LogP) is 2.86. The van der Waals surface area contributed by atoms with Gasteiger partial charge < -0.3 is 4.90 Å². The van der Waals surface area contributed by atoms with Crippen molar-refractivity contribution >= 4 is 11.4 Å². The van der Waals surface area contributed by atoms with E-state index in [4.69, 9.17) is 5.26 Å². The molecule has 0 aliphatic heterocycles. The monoisotopic (exact) mass is 227 g/mol. The molecule has 84 valence electrons. The number of benzene rings is 1. The molecule has 0 N–H and O–H groups in total. The van der Waals surface area contributed by atoms with Crippen LogP contribution in [0.5, 0.6) is 0 Å². The van der Waals surface area contributed by atoms with Gasteiger partial charge >= 0.3 is 0 Å². The topological polar surface area (TPSA) is 39.9 Å². The Morgan fingerprint density at radius 2 is 2.18 bits per heavy atom. The van der Waals surface area contributed by atoms with Gasteiger partial charge in [0.05, 0.1) is 29.2 Å². The minimum absolute atomic E-state index is 0.311. The molecule has 0 spiro atoms. The summed E-state index contributed by atoms with van der Waals surface area (Å²) in [4.78, 5) is 5.66. The minimum atomic E-state index is -0.421. The highest BCUT2D eigenvalue weighted by Gasteiger charge is 2.09. The molecule has 2 rings (SSSR count). The van der Waals surface area contributed by atoms with Gasteiger partial charge in [-0.2, -0.15) is 5.26 Å². The minimum Gasteiger partial charge on any atom is -0.341 e. The summed E-state index contributed by atoms with van der Waals surface area (Å²) >= 11 is 0. The van der Waals surface area contributed by atoms with E-state index < -0.39 is 5.82 Å². The summed E-state index contributed by atoms with van der Waals surface area (Å²) < 4.78 is 13.8. The molecule has 2 aromatic rings. The smallest absolute Gasteiger partial charge is 0.148 e. The second kappa shape index (κ2) is 4.62. The normalized spacial score (nSPS) is 9.71. The van der Waals surface area contributed by atoms with E-state index in [9.17, 15) is 4.39 Å². The number of pyridine rings is 1. The number of hydrogen-bond acceptors (Lipinski definition) is 3. The second-order valence-electron chi connectivity index (χ2n) is 3.55. The van der Waals surface area contributed by atoms with Gasteiger partial charge in [-0.3, -0.25) is 4.98 Å². The van der Waals surface area contributed by atoms with Gasteiger partial charge in [0, 0.05) is 13.2 Å². The third-order valence-corrected chi connectivity index (χ3v) is 2.47. The van der Waals surface area contributed by atoms with Crippen LogP contribution >= 0.6 is 0 Å². The number of halogens is 1. The standard InChI is InChI=1S/C13H10FN3/c1-17(11-3-2-6-16-9-11)13-5-4-10(8-15)7-12(13)14/h2-7,9H,1H3. The van der Waals surface area contributed by atoms with Gasteiger partial charge in [-0.05, 0) is 30.3 Å². The maximum atomic E-state index is 13.8. The van der Waals surface area contributed by atoms with Gasteiger partial charge in [0.25, 0.3) is 0 Å². The van der Waals surface area contributed by atoms with Crippen LogP contribution in [0.3, 0.4) is 0 Å². The Balaban J connectivity index is 2.39. The molecule has 1 aromatic heterocycles. The van der Waals surface area contributed by atoms with E-state index in [1.54, 1.807) is 42.5 Å². The summed E-state index contributed by atoms with van der Waals surface area (Å²) in [5.74, 6) is -0.421. The molecule has 0 radical (unpaired) electrons. The number of rotatable bonds is 2. The van der Waals surface area contributed by atoms with E-state index >= 15 is 0 Å². The average molecular weight is 227 g/mol. The van der Waals surface area contributed by atoms with Crippen LogP contribution in [-0.2, 0) is 0 Å². The summed E-state index contributed by atoms with van der Waals surface area (Å²) in [6.45, 7) is 0. The number of hydrogen-bond donors (Lipinski definition) is 0. The Bertz CT molecular complexity index is 561. The van der Waals surface area contributed by atoms with Crippen LogP contribution in [0.2, 0.25) is 0 Å². The molecule has 17 heavy (non-hydrogen) atoms. The summed E-state index contributed by atoms with van der Waals surface area (Å²) in [6, 6.07) is 9.92. The molecule has 0 fully saturated rings. The van der Waals surface area contributed by atoms with Gasteiger partial charge in [0.15, 0.2) is 0 Å². The Morgan fingerprint density at radius 3 is 2.76 bits per heavy atom. The van der Waals surface area contributed by atoms with Crippen molar-refractivity contribution < 1.29 is 4.39 Å². The quantitative estimate of drug-likeness (QED) is 0.792. The van der Waals surface area contributed by atoms with Gasteiger partial charge in [-0.25, -0.2) is 4.39 Å². The molecule has 1 heterocycles. The number of nitrogens with zero attached hydrogens (tertiary/aromatic N) is 3. The molecule has 0 saturated heterocycles. The van der Waals surface area contributed by atoms with Crippen molar-refractivity contribution in [1.29, 1.82) is 5.26 Å². The number of aromatic nitrogens is 1. The molecule has 0 aliphatic rings. The van der Waals surface area contributed by atoms with Crippen LogP contribution in [-0.4, -0.2) is 12.0 Å². The van der Waals surface area contributed by atoms with E-state index in [0.717, 1.165) is 5.69 Å². The molecular formula is C13H10FN3. The average Bonchev–Trinajstić information content (AvgIpc) is 2.39. The van der Waals surface area contributed by atoms with Crippen molar-refractivity contribution in [2.24, 2.45) is 0 Å². The first kappa shape index (κ1) is 11.1. The third kappa shape index (κ3) is 2.23. The van der Waals surface area contributed by atoms with Crippen LogP contribution < -0.4 is 4.90 Å². The van der Waals surface area contributed by atoms with Crippen molar-refractivity contribution in [2.75, 3.05) is 11.9 Å². The highest BCUT2D eigenvalue weighted by atomic mass is 19.1. The maximum absolute atomic E-state index is 13.8. The summed E-state index contributed by atoms with van der Waals surface area (Å²) in [5.41, 5.74) is 1.51. The third-order valence-electron chi connectivity index (χ3n) is 2.47. The van der Waals surface area contributed by atoms with Crippen LogP contribution in [0.25, 0.3) is 0 Å². The fourth-order valence-corrected chi connectivity index (χ4v) is 1.54. The molecule has 0 amide bonds. The second-order valence-corrected chi connectivity index (χ2v) is 3.55. The Kier molecular flexibility index (Phi) is 3.01. The van der Waals surface area contributed by atoms with Crippen LogP contribution in [0.1, 0.15) is 5.56 Å². The molecule has 0 aliphatic carbocycles. The van der Waals surface area contributed by atoms with Crippen LogP contribution in [0.4, 0.5) is 15.8 Å². The van der Waals surface area contributed by atoms with Gasteiger partial charge in [-0.15, -0.1) is 0 Å². The molecule has 4 heteroatoms. The summed E-state index contributed by atoms with van der Waals surface area (Å²) in [7, 11) is 1.75. The zero-order chi connectivity index (χ0) is 12.3. The van der Waals surface area contributed by atoms with E-state index in [2.05, 4.69) is 4.98 Å². The Hall–Kier alpha value is -2.41. The zero-order valence-corrected chi connectivity index (χ0v) is 9.26. The highest BCUT2D eigenvalue weighted by Crippen LogP contribution is 2.25. The van der Waals surface area contributed by atoms with E-state index in [-0.39, 0.29) is 0 Å². The van der Waals surface area contributed by atoms with E-state index in [1.165, 1.54) is 6.07 Å². The number of nitriles is 1. The maximum Gasteiger partial charge on any atom is 0.148 e. The van der Waals surface area contributed by atoms with Crippen molar-refractivity contribution in [3.63, 3.8) is 0 Å². The fourth-order valence-electron chi connectivity index (χ4n) is 1.54. The van der Waals surface area contributed by atoms with Gasteiger partial charge in [0.1, 0.15) is 5.82 Å². The lowest BCUT2D eigenvalue weighted by Crippen LogP contribution is -2.11. The molecule has 0 saturated carbocycles. The molecule has 0 atom stereocenters. The lowest BCUT2D eigenvalue weighted by Gasteiger charge is -2.19. The first-order valence-corrected chi connectivity index (χ1v) is 5.06. The van der Waals surface area contributed by atoms with Crippen molar-refractivity contribution in [3.05, 3.63) is 54.1 Å². The summed E-state index contributed by atoms with van der Waals surface area (Å²) in [6.07, 6.45) is 3.31. The molecule has 0 unspecified atom stereocenters. The SMILES string of the molecule is CN(c1cccnc1)c1ccc(C#N)cc1F. The van der Waals surface area contributed by atoms with Crippen LogP contribution in [0, 0.1) is 17.1 Å². The molecule has 1 aromatic carbocycles. The Labute approximate surface area is 98.8 Å². The lowest BCUT2D eigenvalue weighted by atomic mass is 10.2. The van der Waals surface area contributed by atoms with E-state index in [0.29, 0.717) is 11.3 Å². The van der Waals surface area contributed by atoms with Gasteiger partial charge in [0.2, 0.25) is 0 Å². The van der Waals surface area contributed by atoms with E-state index in [1.807, 2.05) is 12.1 Å². The van der Waals surface area contributed by atoms with Crippen molar-refractivity contribution in [2.45, 2.75) is 0 Å². The van der Waals surface area contributed by atoms with Crippen LogP contribution in [0.15, 0.2) is 42.7 Å². The zero-order valence-electron chi connectivity index (χ0n) is 9.26. The first-order chi connectivity index (χ1) is 8.22. The highest BCUT2D eigenvalue weighted by molar-refractivity contribution is 5.62. The number of anilines is 2. The summed E-state index contributed by atoms with van der Waals surface area (Å²) in [5, 5.41) is 8.67. The van der Waals surface area contributed by atoms with Crippen molar-refractivity contribution in [1.82, 2.24) is 4.98 Å². The molecular weight excluding hydrogens is 217 g/mol. The lowest BCUT2D eigenvalue weighted by molar-refractivity contribution is 0.627. The largest absolute Gasteiger partial charge is 0.341 e. The molecule has 3 nitrogen and oxygen atoms in total. The fraction of sp³-hybridized carbons (Fsp3) is 0.0769.